The third-order valence-corrected chi connectivity index (χ3v) is 3.98. The number of rotatable bonds is 7. The molecule has 4 heteroatoms. The number of hydrogen-bond acceptors (Lipinski definition) is 3. The minimum atomic E-state index is -0.292. The number of benzene rings is 1. The highest BCUT2D eigenvalue weighted by molar-refractivity contribution is 5.79. The molecule has 124 valence electrons. The Labute approximate surface area is 137 Å². The van der Waals surface area contributed by atoms with E-state index in [9.17, 15) is 15.0 Å². The summed E-state index contributed by atoms with van der Waals surface area (Å²) in [6.45, 7) is 2.15. The molecule has 0 aliphatic carbocycles. The molecule has 0 radical (unpaired) electrons. The smallest absolute Gasteiger partial charge is 0.220 e. The molecule has 1 aliphatic rings. The Kier molecular flexibility index (Phi) is 6.27. The number of nitrogens with one attached hydrogen (secondary N) is 1. The summed E-state index contributed by atoms with van der Waals surface area (Å²) >= 11 is 0. The zero-order valence-electron chi connectivity index (χ0n) is 13.6. The summed E-state index contributed by atoms with van der Waals surface area (Å²) in [7, 11) is 0. The molecule has 23 heavy (non-hydrogen) atoms. The monoisotopic (exact) mass is 315 g/mol. The lowest BCUT2D eigenvalue weighted by atomic mass is 9.99. The lowest BCUT2D eigenvalue weighted by Crippen LogP contribution is -2.18. The fourth-order valence-corrected chi connectivity index (χ4v) is 2.78. The Balaban J connectivity index is 1.95. The van der Waals surface area contributed by atoms with Gasteiger partial charge in [0.1, 0.15) is 11.5 Å². The van der Waals surface area contributed by atoms with Crippen molar-refractivity contribution in [1.82, 2.24) is 5.32 Å². The fraction of sp³-hybridized carbons (Fsp3) is 0.421. The molecule has 0 saturated carbocycles. The molecule has 1 aromatic rings. The van der Waals surface area contributed by atoms with Gasteiger partial charge in [-0.1, -0.05) is 37.6 Å². The number of carbonyl (C=O) groups is 1. The molecule has 1 saturated heterocycles. The molecule has 1 heterocycles. The number of phenolic OH excluding ortho intramolecular Hbond substituents is 2. The average Bonchev–Trinajstić information content (AvgIpc) is 2.92. The van der Waals surface area contributed by atoms with E-state index in [0.717, 1.165) is 31.2 Å². The maximum atomic E-state index is 11.3. The summed E-state index contributed by atoms with van der Waals surface area (Å²) in [5.74, 6) is 0.0668. The number of aryl methyl sites for hydroxylation is 1. The highest BCUT2D eigenvalue weighted by Crippen LogP contribution is 2.38. The molecule has 4 nitrogen and oxygen atoms in total. The summed E-state index contributed by atoms with van der Waals surface area (Å²) in [6.07, 6.45) is 13.1. The van der Waals surface area contributed by atoms with Gasteiger partial charge in [-0.3, -0.25) is 4.79 Å². The number of allylic oxidation sites excluding steroid dienone is 4. The molecule has 0 unspecified atom stereocenters. The lowest BCUT2D eigenvalue weighted by molar-refractivity contribution is -0.119. The number of hydrogen-bond donors (Lipinski definition) is 3. The highest BCUT2D eigenvalue weighted by Gasteiger charge is 2.27. The van der Waals surface area contributed by atoms with Crippen molar-refractivity contribution in [2.45, 2.75) is 51.5 Å². The van der Waals surface area contributed by atoms with E-state index < -0.39 is 0 Å². The number of phenols is 2. The Morgan fingerprint density at radius 3 is 2.39 bits per heavy atom. The second-order valence-electron chi connectivity index (χ2n) is 5.89. The standard InChI is InChI=1S/C19H25NO3/c1-2-3-4-5-6-7-8-9-14-12-16(21)19(17(22)13-14)15-10-11-18(23)20-15/h4-7,12-13,15,21-22H,2-3,8-11H2,1H3,(H,20,23)/b5-4-,7-6-/t15-/m1/s1. The number of amides is 1. The Morgan fingerprint density at radius 2 is 1.83 bits per heavy atom. The van der Waals surface area contributed by atoms with E-state index in [0.29, 0.717) is 18.4 Å². The van der Waals surface area contributed by atoms with E-state index in [1.165, 1.54) is 0 Å². The van der Waals surface area contributed by atoms with Crippen LogP contribution in [0.25, 0.3) is 0 Å². The molecule has 1 aliphatic heterocycles. The van der Waals surface area contributed by atoms with E-state index in [1.54, 1.807) is 12.1 Å². The van der Waals surface area contributed by atoms with Crippen LogP contribution in [0.3, 0.4) is 0 Å². The van der Waals surface area contributed by atoms with Crippen molar-refractivity contribution in [3.05, 3.63) is 47.6 Å². The third-order valence-electron chi connectivity index (χ3n) is 3.98. The van der Waals surface area contributed by atoms with Crippen LogP contribution in [-0.2, 0) is 11.2 Å². The molecule has 1 amide bonds. The van der Waals surface area contributed by atoms with E-state index in [2.05, 4.69) is 24.4 Å². The number of carbonyl (C=O) groups excluding carboxylic acids is 1. The molecular weight excluding hydrogens is 290 g/mol. The van der Waals surface area contributed by atoms with Crippen molar-refractivity contribution >= 4 is 5.91 Å². The van der Waals surface area contributed by atoms with Gasteiger partial charge in [0.05, 0.1) is 11.6 Å². The molecule has 1 aromatic carbocycles. The topological polar surface area (TPSA) is 69.6 Å². The second kappa shape index (κ2) is 8.42. The number of aromatic hydroxyl groups is 2. The number of unbranched alkanes of at least 4 members (excludes halogenated alkanes) is 1. The van der Waals surface area contributed by atoms with E-state index in [4.69, 9.17) is 0 Å². The van der Waals surface area contributed by atoms with Gasteiger partial charge in [-0.05, 0) is 43.4 Å². The van der Waals surface area contributed by atoms with Crippen molar-refractivity contribution in [2.75, 3.05) is 0 Å². The molecule has 3 N–H and O–H groups in total. The van der Waals surface area contributed by atoms with Crippen molar-refractivity contribution in [2.24, 2.45) is 0 Å². The first-order valence-corrected chi connectivity index (χ1v) is 8.27. The van der Waals surface area contributed by atoms with Gasteiger partial charge in [0.2, 0.25) is 5.91 Å². The van der Waals surface area contributed by atoms with Crippen LogP contribution < -0.4 is 5.32 Å². The third kappa shape index (κ3) is 4.88. The summed E-state index contributed by atoms with van der Waals surface area (Å²) in [5, 5.41) is 23.1. The predicted molar refractivity (Wildman–Crippen MR) is 91.4 cm³/mol. The molecule has 0 spiro atoms. The van der Waals surface area contributed by atoms with Crippen LogP contribution in [0, 0.1) is 0 Å². The summed E-state index contributed by atoms with van der Waals surface area (Å²) in [6, 6.07) is 3.07. The molecule has 0 bridgehead atoms. The van der Waals surface area contributed by atoms with Crippen LogP contribution in [0.15, 0.2) is 36.4 Å². The molecule has 1 atom stereocenters. The van der Waals surface area contributed by atoms with Gasteiger partial charge in [0.25, 0.3) is 0 Å². The first-order chi connectivity index (χ1) is 11.1. The SMILES string of the molecule is CCC/C=C\C=C/CCc1cc(O)c([C@H]2CCC(=O)N2)c(O)c1. The Hall–Kier alpha value is -2.23. The van der Waals surface area contributed by atoms with Crippen LogP contribution in [-0.4, -0.2) is 16.1 Å². The summed E-state index contributed by atoms with van der Waals surface area (Å²) in [4.78, 5) is 11.3. The average molecular weight is 315 g/mol. The first kappa shape index (κ1) is 17.1. The van der Waals surface area contributed by atoms with E-state index in [1.807, 2.05) is 12.2 Å². The zero-order valence-corrected chi connectivity index (χ0v) is 13.6. The van der Waals surface area contributed by atoms with Gasteiger partial charge in [0.15, 0.2) is 0 Å². The normalized spacial score (nSPS) is 18.1. The summed E-state index contributed by atoms with van der Waals surface area (Å²) < 4.78 is 0. The van der Waals surface area contributed by atoms with Crippen molar-refractivity contribution in [3.8, 4) is 11.5 Å². The van der Waals surface area contributed by atoms with Gasteiger partial charge in [-0.2, -0.15) is 0 Å². The van der Waals surface area contributed by atoms with Gasteiger partial charge < -0.3 is 15.5 Å². The fourth-order valence-electron chi connectivity index (χ4n) is 2.78. The Bertz CT molecular complexity index is 582. The molecule has 2 rings (SSSR count). The van der Waals surface area contributed by atoms with Crippen molar-refractivity contribution in [3.63, 3.8) is 0 Å². The Morgan fingerprint density at radius 1 is 1.17 bits per heavy atom. The molecule has 1 fully saturated rings. The lowest BCUT2D eigenvalue weighted by Gasteiger charge is -2.15. The second-order valence-corrected chi connectivity index (χ2v) is 5.89. The quantitative estimate of drug-likeness (QED) is 0.668. The maximum absolute atomic E-state index is 11.3. The largest absolute Gasteiger partial charge is 0.507 e. The minimum Gasteiger partial charge on any atom is -0.507 e. The predicted octanol–water partition coefficient (Wildman–Crippen LogP) is 3.89. The summed E-state index contributed by atoms with van der Waals surface area (Å²) in [5.41, 5.74) is 1.31. The van der Waals surface area contributed by atoms with Crippen LogP contribution in [0.5, 0.6) is 11.5 Å². The van der Waals surface area contributed by atoms with Crippen LogP contribution in [0.2, 0.25) is 0 Å². The van der Waals surface area contributed by atoms with Crippen LogP contribution in [0.1, 0.15) is 56.2 Å². The zero-order chi connectivity index (χ0) is 16.7. The van der Waals surface area contributed by atoms with Gasteiger partial charge in [-0.25, -0.2) is 0 Å². The van der Waals surface area contributed by atoms with Gasteiger partial charge in [0, 0.05) is 6.42 Å². The van der Waals surface area contributed by atoms with Gasteiger partial charge in [-0.15, -0.1) is 0 Å². The van der Waals surface area contributed by atoms with E-state index in [-0.39, 0.29) is 23.4 Å². The van der Waals surface area contributed by atoms with Crippen molar-refractivity contribution in [1.29, 1.82) is 0 Å². The first-order valence-electron chi connectivity index (χ1n) is 8.27. The van der Waals surface area contributed by atoms with Gasteiger partial charge >= 0.3 is 0 Å². The van der Waals surface area contributed by atoms with E-state index >= 15 is 0 Å². The highest BCUT2D eigenvalue weighted by atomic mass is 16.3. The molecule has 0 aromatic heterocycles. The minimum absolute atomic E-state index is 0.0425. The van der Waals surface area contributed by atoms with Crippen molar-refractivity contribution < 1.29 is 15.0 Å². The maximum Gasteiger partial charge on any atom is 0.220 e. The van der Waals surface area contributed by atoms with Crippen LogP contribution in [0.4, 0.5) is 0 Å². The van der Waals surface area contributed by atoms with Crippen LogP contribution >= 0.6 is 0 Å². The molecular formula is C19H25NO3.